The molecule has 162 valence electrons. The first-order valence-corrected chi connectivity index (χ1v) is 11.0. The summed E-state index contributed by atoms with van der Waals surface area (Å²) in [7, 11) is 0. The van der Waals surface area contributed by atoms with Gasteiger partial charge in [0.25, 0.3) is 11.8 Å². The highest BCUT2D eigenvalue weighted by Crippen LogP contribution is 2.27. The maximum absolute atomic E-state index is 13.3. The van der Waals surface area contributed by atoms with Gasteiger partial charge in [0.2, 0.25) is 0 Å². The van der Waals surface area contributed by atoms with Crippen LogP contribution in [-0.4, -0.2) is 21.5 Å². The maximum Gasteiger partial charge on any atom is 0.270 e. The highest BCUT2D eigenvalue weighted by Gasteiger charge is 2.34. The first-order valence-electron chi connectivity index (χ1n) is 10.3. The van der Waals surface area contributed by atoms with Gasteiger partial charge in [0, 0.05) is 22.1 Å². The van der Waals surface area contributed by atoms with Crippen LogP contribution < -0.4 is 10.2 Å². The van der Waals surface area contributed by atoms with E-state index in [4.69, 9.17) is 23.8 Å². The number of carbonyl (C=O) groups is 2. The first-order chi connectivity index (χ1) is 15.3. The lowest BCUT2D eigenvalue weighted by atomic mass is 10.1. The van der Waals surface area contributed by atoms with Crippen molar-refractivity contribution in [2.45, 2.75) is 27.2 Å². The topological polar surface area (TPSA) is 54.3 Å². The fourth-order valence-corrected chi connectivity index (χ4v) is 4.26. The van der Waals surface area contributed by atoms with Gasteiger partial charge in [0.05, 0.1) is 5.69 Å². The predicted octanol–water partition coefficient (Wildman–Crippen LogP) is 5.14. The summed E-state index contributed by atoms with van der Waals surface area (Å²) in [6, 6.07) is 17.0. The van der Waals surface area contributed by atoms with Gasteiger partial charge in [-0.3, -0.25) is 19.8 Å². The minimum absolute atomic E-state index is 0.0366. The Kier molecular flexibility index (Phi) is 6.00. The second-order valence-corrected chi connectivity index (χ2v) is 8.44. The number of rotatable bonds is 4. The van der Waals surface area contributed by atoms with Crippen LogP contribution in [0.2, 0.25) is 5.02 Å². The van der Waals surface area contributed by atoms with E-state index in [-0.39, 0.29) is 10.7 Å². The number of aryl methyl sites for hydroxylation is 2. The molecule has 0 unspecified atom stereocenters. The summed E-state index contributed by atoms with van der Waals surface area (Å²) in [6.45, 7) is 5.99. The first kappa shape index (κ1) is 22.0. The van der Waals surface area contributed by atoms with Crippen LogP contribution in [0.5, 0.6) is 0 Å². The number of halogens is 1. The SMILES string of the molecule is CCc1ccc(N2C(=O)/C(=C/c3cc(C)n(-c4ccc(Cl)cc4)c3C)C(=O)NC2=S)cc1. The molecule has 0 aliphatic carbocycles. The van der Waals surface area contributed by atoms with Gasteiger partial charge >= 0.3 is 0 Å². The van der Waals surface area contributed by atoms with Crippen molar-refractivity contribution in [3.05, 3.63) is 87.7 Å². The zero-order valence-corrected chi connectivity index (χ0v) is 19.6. The molecule has 0 saturated carbocycles. The molecule has 4 rings (SSSR count). The van der Waals surface area contributed by atoms with E-state index in [0.717, 1.165) is 34.6 Å². The Bertz CT molecular complexity index is 1260. The van der Waals surface area contributed by atoms with Gasteiger partial charge in [-0.2, -0.15) is 0 Å². The van der Waals surface area contributed by atoms with E-state index in [9.17, 15) is 9.59 Å². The second kappa shape index (κ2) is 8.73. The summed E-state index contributed by atoms with van der Waals surface area (Å²) in [5, 5.41) is 3.38. The van der Waals surface area contributed by atoms with Crippen LogP contribution in [0.25, 0.3) is 11.8 Å². The fourth-order valence-electron chi connectivity index (χ4n) is 3.85. The van der Waals surface area contributed by atoms with Crippen LogP contribution in [-0.2, 0) is 16.0 Å². The standard InChI is InChI=1S/C25H22ClN3O2S/c1-4-17-5-9-21(10-6-17)29-24(31)22(23(30)27-25(29)32)14-18-13-15(2)28(16(18)3)20-11-7-19(26)8-12-20/h5-14H,4H2,1-3H3,(H,27,30,32)/b22-14+. The minimum atomic E-state index is -0.502. The molecule has 0 atom stereocenters. The molecule has 1 N–H and O–H groups in total. The highest BCUT2D eigenvalue weighted by molar-refractivity contribution is 7.80. The van der Waals surface area contributed by atoms with Crippen LogP contribution in [0.4, 0.5) is 5.69 Å². The van der Waals surface area contributed by atoms with Crippen molar-refractivity contribution in [3.8, 4) is 5.69 Å². The Labute approximate surface area is 197 Å². The Hall–Kier alpha value is -3.22. The van der Waals surface area contributed by atoms with E-state index in [1.807, 2.05) is 68.4 Å². The molecule has 1 aliphatic rings. The summed E-state index contributed by atoms with van der Waals surface area (Å²) in [4.78, 5) is 27.3. The monoisotopic (exact) mass is 463 g/mol. The van der Waals surface area contributed by atoms with Gasteiger partial charge in [0.1, 0.15) is 5.57 Å². The Morgan fingerprint density at radius 1 is 1.00 bits per heavy atom. The Morgan fingerprint density at radius 2 is 1.62 bits per heavy atom. The zero-order valence-electron chi connectivity index (χ0n) is 18.0. The minimum Gasteiger partial charge on any atom is -0.318 e. The Morgan fingerprint density at radius 3 is 2.25 bits per heavy atom. The van der Waals surface area contributed by atoms with Crippen molar-refractivity contribution in [2.75, 3.05) is 4.90 Å². The quantitative estimate of drug-likeness (QED) is 0.331. The second-order valence-electron chi connectivity index (χ2n) is 7.62. The number of nitrogens with one attached hydrogen (secondary N) is 1. The van der Waals surface area contributed by atoms with Crippen LogP contribution in [0.3, 0.4) is 0 Å². The number of benzene rings is 2. The smallest absolute Gasteiger partial charge is 0.270 e. The zero-order chi connectivity index (χ0) is 23.0. The summed E-state index contributed by atoms with van der Waals surface area (Å²) >= 11 is 11.3. The van der Waals surface area contributed by atoms with E-state index in [2.05, 4.69) is 16.8 Å². The van der Waals surface area contributed by atoms with E-state index in [1.54, 1.807) is 6.08 Å². The van der Waals surface area contributed by atoms with Crippen molar-refractivity contribution in [2.24, 2.45) is 0 Å². The molecular formula is C25H22ClN3O2S. The molecular weight excluding hydrogens is 442 g/mol. The molecule has 32 heavy (non-hydrogen) atoms. The number of amides is 2. The molecule has 2 heterocycles. The van der Waals surface area contributed by atoms with Gasteiger partial charge < -0.3 is 4.57 Å². The number of anilines is 1. The van der Waals surface area contributed by atoms with E-state index < -0.39 is 11.8 Å². The average molecular weight is 464 g/mol. The summed E-state index contributed by atoms with van der Waals surface area (Å²) in [5.41, 5.74) is 5.42. The van der Waals surface area contributed by atoms with Gasteiger partial charge in [-0.05, 0) is 92.2 Å². The largest absolute Gasteiger partial charge is 0.318 e. The third-order valence-corrected chi connectivity index (χ3v) is 6.10. The molecule has 0 radical (unpaired) electrons. The third-order valence-electron chi connectivity index (χ3n) is 5.56. The molecule has 0 bridgehead atoms. The molecule has 0 spiro atoms. The van der Waals surface area contributed by atoms with Crippen LogP contribution >= 0.6 is 23.8 Å². The molecule has 2 amide bonds. The van der Waals surface area contributed by atoms with Crippen molar-refractivity contribution in [3.63, 3.8) is 0 Å². The maximum atomic E-state index is 13.3. The van der Waals surface area contributed by atoms with Crippen molar-refractivity contribution in [1.82, 2.24) is 9.88 Å². The molecule has 1 saturated heterocycles. The lowest BCUT2D eigenvalue weighted by Gasteiger charge is -2.29. The number of hydrogen-bond donors (Lipinski definition) is 1. The molecule has 7 heteroatoms. The van der Waals surface area contributed by atoms with E-state index in [1.165, 1.54) is 4.90 Å². The van der Waals surface area contributed by atoms with E-state index in [0.29, 0.717) is 10.7 Å². The number of hydrogen-bond acceptors (Lipinski definition) is 3. The molecule has 2 aromatic carbocycles. The summed E-state index contributed by atoms with van der Waals surface area (Å²) < 4.78 is 2.06. The van der Waals surface area contributed by atoms with Gasteiger partial charge in [-0.15, -0.1) is 0 Å². The van der Waals surface area contributed by atoms with Crippen LogP contribution in [0.15, 0.2) is 60.2 Å². The molecule has 1 aliphatic heterocycles. The van der Waals surface area contributed by atoms with Gasteiger partial charge in [0.15, 0.2) is 5.11 Å². The normalized spacial score (nSPS) is 15.4. The Balaban J connectivity index is 1.73. The van der Waals surface area contributed by atoms with Gasteiger partial charge in [-0.1, -0.05) is 30.7 Å². The predicted molar refractivity (Wildman–Crippen MR) is 132 cm³/mol. The molecule has 1 aromatic heterocycles. The third kappa shape index (κ3) is 3.99. The van der Waals surface area contributed by atoms with Crippen LogP contribution in [0, 0.1) is 13.8 Å². The van der Waals surface area contributed by atoms with Crippen LogP contribution in [0.1, 0.15) is 29.4 Å². The lowest BCUT2D eigenvalue weighted by molar-refractivity contribution is -0.122. The van der Waals surface area contributed by atoms with Gasteiger partial charge in [-0.25, -0.2) is 0 Å². The summed E-state index contributed by atoms with van der Waals surface area (Å²) in [5.74, 6) is -0.947. The lowest BCUT2D eigenvalue weighted by Crippen LogP contribution is -2.54. The number of carbonyl (C=O) groups excluding carboxylic acids is 2. The molecule has 1 fully saturated rings. The van der Waals surface area contributed by atoms with Crippen molar-refractivity contribution < 1.29 is 9.59 Å². The fraction of sp³-hybridized carbons (Fsp3) is 0.160. The number of aromatic nitrogens is 1. The molecule has 5 nitrogen and oxygen atoms in total. The number of thiocarbonyl (C=S) groups is 1. The van der Waals surface area contributed by atoms with Crippen molar-refractivity contribution in [1.29, 1.82) is 0 Å². The van der Waals surface area contributed by atoms with Crippen molar-refractivity contribution >= 4 is 52.5 Å². The highest BCUT2D eigenvalue weighted by atomic mass is 35.5. The number of nitrogens with zero attached hydrogens (tertiary/aromatic N) is 2. The average Bonchev–Trinajstić information content (AvgIpc) is 3.05. The summed E-state index contributed by atoms with van der Waals surface area (Å²) in [6.07, 6.45) is 2.52. The molecule has 3 aromatic rings. The van der Waals surface area contributed by atoms with E-state index >= 15 is 0 Å².